The number of hydrogen-bond donors (Lipinski definition) is 3. The summed E-state index contributed by atoms with van der Waals surface area (Å²) >= 11 is 0. The number of aromatic nitrogens is 4. The van der Waals surface area contributed by atoms with Gasteiger partial charge in [0, 0.05) is 12.0 Å². The van der Waals surface area contributed by atoms with Gasteiger partial charge in [-0.15, -0.1) is 5.10 Å². The third kappa shape index (κ3) is 4.50. The number of pyridine rings is 1. The highest BCUT2D eigenvalue weighted by Gasteiger charge is 2.24. The number of nitrogen functional groups attached to an aromatic ring is 1. The van der Waals surface area contributed by atoms with E-state index in [1.165, 1.54) is 36.8 Å². The Morgan fingerprint density at radius 2 is 1.69 bits per heavy atom. The molecule has 0 radical (unpaired) electrons. The Bertz CT molecular complexity index is 1130. The molecule has 0 unspecified atom stereocenters. The maximum absolute atomic E-state index is 6.10. The minimum absolute atomic E-state index is 0.183. The number of aromatic amines is 1. The highest BCUT2D eigenvalue weighted by Crippen LogP contribution is 2.34. The molecular formula is C26H30N6. The first-order valence-corrected chi connectivity index (χ1v) is 11.6. The second kappa shape index (κ2) is 9.49. The Morgan fingerprint density at radius 1 is 0.969 bits per heavy atom. The van der Waals surface area contributed by atoms with Crippen molar-refractivity contribution < 1.29 is 0 Å². The van der Waals surface area contributed by atoms with E-state index in [4.69, 9.17) is 5.73 Å². The fraction of sp³-hybridized carbons (Fsp3) is 0.346. The van der Waals surface area contributed by atoms with E-state index in [2.05, 4.69) is 86.4 Å². The lowest BCUT2D eigenvalue weighted by Gasteiger charge is -2.30. The minimum Gasteiger partial charge on any atom is -0.384 e. The smallest absolute Gasteiger partial charge is 0.178 e. The molecule has 4 N–H and O–H groups in total. The normalized spacial score (nSPS) is 19.8. The average Bonchev–Trinajstić information content (AvgIpc) is 3.31. The van der Waals surface area contributed by atoms with Crippen molar-refractivity contribution in [2.75, 3.05) is 12.3 Å². The molecule has 1 aliphatic rings. The van der Waals surface area contributed by atoms with Crippen molar-refractivity contribution in [3.05, 3.63) is 83.4 Å². The van der Waals surface area contributed by atoms with Crippen LogP contribution in [0.15, 0.2) is 66.7 Å². The van der Waals surface area contributed by atoms with Crippen LogP contribution in [0.1, 0.15) is 60.6 Å². The van der Waals surface area contributed by atoms with Crippen molar-refractivity contribution in [1.29, 1.82) is 0 Å². The lowest BCUT2D eigenvalue weighted by atomic mass is 9.81. The fourth-order valence-electron chi connectivity index (χ4n) is 5.12. The lowest BCUT2D eigenvalue weighted by molar-refractivity contribution is 0.340. The van der Waals surface area contributed by atoms with Crippen molar-refractivity contribution in [2.24, 2.45) is 0 Å². The number of hydrogen-bond acceptors (Lipinski definition) is 5. The summed E-state index contributed by atoms with van der Waals surface area (Å²) in [5.74, 6) is 1.38. The second-order valence-electron chi connectivity index (χ2n) is 8.81. The highest BCUT2D eigenvalue weighted by atomic mass is 15.3. The van der Waals surface area contributed by atoms with Gasteiger partial charge in [-0.1, -0.05) is 65.9 Å². The third-order valence-electron chi connectivity index (χ3n) is 6.79. The molecule has 6 heteroatoms. The summed E-state index contributed by atoms with van der Waals surface area (Å²) < 4.78 is 0. The molecule has 1 atom stereocenters. The summed E-state index contributed by atoms with van der Waals surface area (Å²) in [7, 11) is 0. The van der Waals surface area contributed by atoms with Gasteiger partial charge >= 0.3 is 0 Å². The minimum atomic E-state index is 0.183. The Hall–Kier alpha value is -3.25. The van der Waals surface area contributed by atoms with Gasteiger partial charge in [0.25, 0.3) is 0 Å². The maximum Gasteiger partial charge on any atom is 0.178 e. The number of nitrogens with two attached hydrogens (primary N) is 1. The van der Waals surface area contributed by atoms with Crippen LogP contribution in [-0.4, -0.2) is 33.0 Å². The highest BCUT2D eigenvalue weighted by molar-refractivity contribution is 5.77. The third-order valence-corrected chi connectivity index (χ3v) is 6.79. The van der Waals surface area contributed by atoms with Crippen LogP contribution in [0, 0.1) is 0 Å². The predicted molar refractivity (Wildman–Crippen MR) is 128 cm³/mol. The number of nitrogens with one attached hydrogen (secondary N) is 2. The molecule has 2 aromatic carbocycles. The Morgan fingerprint density at radius 3 is 2.44 bits per heavy atom. The van der Waals surface area contributed by atoms with E-state index in [9.17, 15) is 0 Å². The molecule has 0 aliphatic heterocycles. The predicted octanol–water partition coefficient (Wildman–Crippen LogP) is 4.77. The van der Waals surface area contributed by atoms with Crippen LogP contribution < -0.4 is 11.1 Å². The van der Waals surface area contributed by atoms with Crippen molar-refractivity contribution in [3.8, 4) is 0 Å². The van der Waals surface area contributed by atoms with E-state index in [1.54, 1.807) is 0 Å². The SMILES string of the molecule is Nc1cc([C@@H](CCN[C@H]2CC[C@H](c3ccccc3)CC2)c2ccccc2)c2nn[nH]c2n1. The number of benzene rings is 2. The summed E-state index contributed by atoms with van der Waals surface area (Å²) in [6, 6.07) is 24.1. The number of anilines is 1. The summed E-state index contributed by atoms with van der Waals surface area (Å²) in [5.41, 5.74) is 11.4. The van der Waals surface area contributed by atoms with E-state index in [1.807, 2.05) is 6.07 Å². The molecule has 1 fully saturated rings. The number of H-pyrrole nitrogens is 1. The molecule has 2 aromatic heterocycles. The zero-order valence-corrected chi connectivity index (χ0v) is 18.2. The van der Waals surface area contributed by atoms with Gasteiger partial charge in [-0.25, -0.2) is 10.1 Å². The molecule has 0 saturated heterocycles. The molecule has 164 valence electrons. The van der Waals surface area contributed by atoms with Crippen molar-refractivity contribution >= 4 is 17.0 Å². The van der Waals surface area contributed by atoms with Crippen molar-refractivity contribution in [1.82, 2.24) is 25.7 Å². The first-order chi connectivity index (χ1) is 15.8. The lowest BCUT2D eigenvalue weighted by Crippen LogP contribution is -2.34. The van der Waals surface area contributed by atoms with Gasteiger partial charge in [0.05, 0.1) is 0 Å². The van der Waals surface area contributed by atoms with E-state index >= 15 is 0 Å². The van der Waals surface area contributed by atoms with Crippen LogP contribution in [0.25, 0.3) is 11.2 Å². The van der Waals surface area contributed by atoms with Gasteiger partial charge < -0.3 is 11.1 Å². The zero-order valence-electron chi connectivity index (χ0n) is 18.2. The largest absolute Gasteiger partial charge is 0.384 e. The van der Waals surface area contributed by atoms with Gasteiger partial charge in [0.15, 0.2) is 5.65 Å². The standard InChI is InChI=1S/C26H30N6/c27-24-17-23(25-26(29-24)31-32-30-25)22(20-9-5-2-6-10-20)15-16-28-21-13-11-19(12-14-21)18-7-3-1-4-8-18/h1-10,17,19,21-22,28H,11-16H2,(H3,27,29,30,31,32)/t19-,21-,22-/m0/s1. The molecule has 32 heavy (non-hydrogen) atoms. The molecule has 0 amide bonds. The Labute approximate surface area is 188 Å². The van der Waals surface area contributed by atoms with E-state index in [-0.39, 0.29) is 5.92 Å². The molecule has 5 rings (SSSR count). The average molecular weight is 427 g/mol. The van der Waals surface area contributed by atoms with Crippen molar-refractivity contribution in [3.63, 3.8) is 0 Å². The Balaban J connectivity index is 1.26. The van der Waals surface area contributed by atoms with Crippen LogP contribution in [0.5, 0.6) is 0 Å². The van der Waals surface area contributed by atoms with Crippen LogP contribution in [0.2, 0.25) is 0 Å². The molecule has 2 heterocycles. The van der Waals surface area contributed by atoms with E-state index in [0.29, 0.717) is 23.4 Å². The van der Waals surface area contributed by atoms with Crippen LogP contribution in [0.3, 0.4) is 0 Å². The fourth-order valence-corrected chi connectivity index (χ4v) is 5.12. The van der Waals surface area contributed by atoms with Crippen molar-refractivity contribution in [2.45, 2.75) is 50.0 Å². The number of fused-ring (bicyclic) bond motifs is 1. The van der Waals surface area contributed by atoms with Crippen LogP contribution in [-0.2, 0) is 0 Å². The first kappa shape index (κ1) is 20.6. The molecule has 1 aliphatic carbocycles. The number of nitrogens with zero attached hydrogens (tertiary/aromatic N) is 3. The zero-order chi connectivity index (χ0) is 21.8. The second-order valence-corrected chi connectivity index (χ2v) is 8.81. The van der Waals surface area contributed by atoms with Crippen LogP contribution >= 0.6 is 0 Å². The van der Waals surface area contributed by atoms with Gasteiger partial charge in [0.2, 0.25) is 0 Å². The maximum atomic E-state index is 6.10. The quantitative estimate of drug-likeness (QED) is 0.396. The topological polar surface area (TPSA) is 92.5 Å². The Kier molecular flexibility index (Phi) is 6.12. The van der Waals surface area contributed by atoms with Gasteiger partial charge in [-0.05, 0) is 67.3 Å². The summed E-state index contributed by atoms with van der Waals surface area (Å²) in [6.45, 7) is 0.946. The molecule has 1 saturated carbocycles. The van der Waals surface area contributed by atoms with Gasteiger partial charge in [0.1, 0.15) is 11.3 Å². The van der Waals surface area contributed by atoms with Gasteiger partial charge in [-0.2, -0.15) is 0 Å². The van der Waals surface area contributed by atoms with Crippen LogP contribution in [0.4, 0.5) is 5.82 Å². The van der Waals surface area contributed by atoms with E-state index in [0.717, 1.165) is 24.0 Å². The van der Waals surface area contributed by atoms with Gasteiger partial charge in [-0.3, -0.25) is 0 Å². The summed E-state index contributed by atoms with van der Waals surface area (Å²) in [4.78, 5) is 4.34. The first-order valence-electron chi connectivity index (χ1n) is 11.6. The summed E-state index contributed by atoms with van der Waals surface area (Å²) in [6.07, 6.45) is 5.93. The molecule has 0 spiro atoms. The molecular weight excluding hydrogens is 396 g/mol. The molecule has 0 bridgehead atoms. The molecule has 4 aromatic rings. The number of rotatable bonds is 7. The monoisotopic (exact) mass is 426 g/mol. The summed E-state index contributed by atoms with van der Waals surface area (Å²) in [5, 5.41) is 14.9. The molecule has 6 nitrogen and oxygen atoms in total. The van der Waals surface area contributed by atoms with E-state index < -0.39 is 0 Å².